The number of hydrogen-bond donors (Lipinski definition) is 0. The standard InChI is InChI=1S/C11H14F3O4P/c1-8-4-6-9(7-5-8)10(11(12,13)14)18-19(15,16-2)17-3/h4-7,10H,1-3H3. The molecule has 1 aromatic carbocycles. The van der Waals surface area contributed by atoms with E-state index < -0.39 is 20.1 Å². The summed E-state index contributed by atoms with van der Waals surface area (Å²) in [5, 5.41) is 0. The number of benzene rings is 1. The summed E-state index contributed by atoms with van der Waals surface area (Å²) in [6, 6.07) is 5.51. The molecule has 0 aliphatic rings. The van der Waals surface area contributed by atoms with Crippen LogP contribution in [0.25, 0.3) is 0 Å². The van der Waals surface area contributed by atoms with E-state index in [1.807, 2.05) is 0 Å². The van der Waals surface area contributed by atoms with Crippen molar-refractivity contribution in [2.24, 2.45) is 0 Å². The van der Waals surface area contributed by atoms with Crippen LogP contribution in [0.2, 0.25) is 0 Å². The van der Waals surface area contributed by atoms with E-state index in [9.17, 15) is 17.7 Å². The van der Waals surface area contributed by atoms with Gasteiger partial charge in [0.15, 0.2) is 6.10 Å². The molecule has 1 atom stereocenters. The molecule has 0 radical (unpaired) electrons. The normalized spacial score (nSPS) is 14.4. The predicted molar refractivity (Wildman–Crippen MR) is 62.7 cm³/mol. The summed E-state index contributed by atoms with van der Waals surface area (Å²) in [5.74, 6) is 0. The maximum Gasteiger partial charge on any atom is 0.475 e. The smallest absolute Gasteiger partial charge is 0.290 e. The molecule has 0 amide bonds. The number of phosphoric acid groups is 1. The first-order chi connectivity index (χ1) is 8.72. The Morgan fingerprint density at radius 2 is 1.58 bits per heavy atom. The van der Waals surface area contributed by atoms with Gasteiger partial charge in [-0.1, -0.05) is 29.8 Å². The fraction of sp³-hybridized carbons (Fsp3) is 0.455. The predicted octanol–water partition coefficient (Wildman–Crippen LogP) is 4.02. The number of alkyl halides is 3. The first-order valence-corrected chi connectivity index (χ1v) is 6.71. The Hall–Kier alpha value is -0.880. The van der Waals surface area contributed by atoms with Gasteiger partial charge in [0.05, 0.1) is 0 Å². The van der Waals surface area contributed by atoms with Gasteiger partial charge in [0.2, 0.25) is 0 Å². The molecular weight excluding hydrogens is 284 g/mol. The zero-order chi connectivity index (χ0) is 14.7. The number of rotatable bonds is 5. The highest BCUT2D eigenvalue weighted by atomic mass is 31.2. The molecule has 19 heavy (non-hydrogen) atoms. The quantitative estimate of drug-likeness (QED) is 0.770. The summed E-state index contributed by atoms with van der Waals surface area (Å²) < 4.78 is 63.8. The van der Waals surface area contributed by atoms with Crippen LogP contribution in [0.15, 0.2) is 24.3 Å². The van der Waals surface area contributed by atoms with Crippen molar-refractivity contribution < 1.29 is 31.3 Å². The van der Waals surface area contributed by atoms with Crippen LogP contribution >= 0.6 is 7.82 Å². The van der Waals surface area contributed by atoms with E-state index in [-0.39, 0.29) is 5.56 Å². The van der Waals surface area contributed by atoms with Gasteiger partial charge in [0.25, 0.3) is 0 Å². The third-order valence-electron chi connectivity index (χ3n) is 2.36. The summed E-state index contributed by atoms with van der Waals surface area (Å²) in [5.41, 5.74) is 0.624. The zero-order valence-corrected chi connectivity index (χ0v) is 11.5. The van der Waals surface area contributed by atoms with Crippen molar-refractivity contribution in [1.29, 1.82) is 0 Å². The summed E-state index contributed by atoms with van der Waals surface area (Å²) in [6.45, 7) is 1.74. The second-order valence-corrected chi connectivity index (χ2v) is 5.59. The highest BCUT2D eigenvalue weighted by Crippen LogP contribution is 2.54. The number of halogens is 3. The van der Waals surface area contributed by atoms with Gasteiger partial charge in [0.1, 0.15) is 0 Å². The van der Waals surface area contributed by atoms with Gasteiger partial charge in [-0.2, -0.15) is 13.2 Å². The van der Waals surface area contributed by atoms with Crippen LogP contribution in [0, 0.1) is 6.92 Å². The second kappa shape index (κ2) is 6.05. The molecule has 108 valence electrons. The Balaban J connectivity index is 3.10. The van der Waals surface area contributed by atoms with Crippen LogP contribution in [0.1, 0.15) is 17.2 Å². The number of hydrogen-bond acceptors (Lipinski definition) is 4. The number of aryl methyl sites for hydroxylation is 1. The van der Waals surface area contributed by atoms with Crippen molar-refractivity contribution in [2.75, 3.05) is 14.2 Å². The molecule has 0 fully saturated rings. The Morgan fingerprint density at radius 1 is 1.11 bits per heavy atom. The molecule has 0 N–H and O–H groups in total. The molecule has 0 spiro atoms. The molecule has 0 aliphatic heterocycles. The van der Waals surface area contributed by atoms with E-state index in [0.29, 0.717) is 0 Å². The van der Waals surface area contributed by atoms with E-state index in [0.717, 1.165) is 19.8 Å². The van der Waals surface area contributed by atoms with Crippen molar-refractivity contribution >= 4 is 7.82 Å². The van der Waals surface area contributed by atoms with Crippen LogP contribution in [0.4, 0.5) is 13.2 Å². The molecule has 0 aliphatic carbocycles. The van der Waals surface area contributed by atoms with Crippen molar-refractivity contribution in [3.8, 4) is 0 Å². The molecule has 8 heteroatoms. The van der Waals surface area contributed by atoms with Crippen molar-refractivity contribution in [3.05, 3.63) is 35.4 Å². The third kappa shape index (κ3) is 4.31. The lowest BCUT2D eigenvalue weighted by atomic mass is 10.1. The topological polar surface area (TPSA) is 44.8 Å². The van der Waals surface area contributed by atoms with E-state index in [4.69, 9.17) is 0 Å². The molecule has 1 rings (SSSR count). The average molecular weight is 298 g/mol. The molecule has 0 bridgehead atoms. The summed E-state index contributed by atoms with van der Waals surface area (Å²) >= 11 is 0. The van der Waals surface area contributed by atoms with Crippen LogP contribution in [-0.4, -0.2) is 20.4 Å². The van der Waals surface area contributed by atoms with Gasteiger partial charge in [0, 0.05) is 14.2 Å². The average Bonchev–Trinajstić information content (AvgIpc) is 2.36. The number of phosphoric ester groups is 1. The maximum atomic E-state index is 13.0. The van der Waals surface area contributed by atoms with Crippen LogP contribution in [0.5, 0.6) is 0 Å². The molecule has 4 nitrogen and oxygen atoms in total. The monoisotopic (exact) mass is 298 g/mol. The van der Waals surface area contributed by atoms with Gasteiger partial charge < -0.3 is 0 Å². The summed E-state index contributed by atoms with van der Waals surface area (Å²) in [4.78, 5) is 0. The van der Waals surface area contributed by atoms with E-state index in [1.165, 1.54) is 24.3 Å². The van der Waals surface area contributed by atoms with Crippen LogP contribution in [0.3, 0.4) is 0 Å². The lowest BCUT2D eigenvalue weighted by Crippen LogP contribution is -2.23. The van der Waals surface area contributed by atoms with Gasteiger partial charge in [-0.15, -0.1) is 0 Å². The zero-order valence-electron chi connectivity index (χ0n) is 10.6. The molecule has 0 heterocycles. The van der Waals surface area contributed by atoms with Gasteiger partial charge >= 0.3 is 14.0 Å². The van der Waals surface area contributed by atoms with Gasteiger partial charge in [-0.3, -0.25) is 13.6 Å². The fourth-order valence-electron chi connectivity index (χ4n) is 1.34. The maximum absolute atomic E-state index is 13.0. The minimum atomic E-state index is -4.73. The third-order valence-corrected chi connectivity index (χ3v) is 3.72. The lowest BCUT2D eigenvalue weighted by molar-refractivity contribution is -0.202. The minimum absolute atomic E-state index is 0.174. The Kier molecular flexibility index (Phi) is 5.15. The molecule has 0 aromatic heterocycles. The Morgan fingerprint density at radius 3 is 1.95 bits per heavy atom. The molecule has 0 saturated carbocycles. The summed E-state index contributed by atoms with van der Waals surface area (Å²) in [6.07, 6.45) is -7.11. The Bertz CT molecular complexity index is 450. The molecule has 1 aromatic rings. The lowest BCUT2D eigenvalue weighted by Gasteiger charge is -2.24. The van der Waals surface area contributed by atoms with Gasteiger partial charge in [-0.05, 0) is 12.5 Å². The molecule has 0 saturated heterocycles. The first-order valence-electron chi connectivity index (χ1n) is 5.25. The highest BCUT2D eigenvalue weighted by Gasteiger charge is 2.46. The first kappa shape index (κ1) is 16.2. The van der Waals surface area contributed by atoms with E-state index in [2.05, 4.69) is 13.6 Å². The SMILES string of the molecule is COP(=O)(OC)OC(c1ccc(C)cc1)C(F)(F)F. The van der Waals surface area contributed by atoms with Crippen LogP contribution < -0.4 is 0 Å². The highest BCUT2D eigenvalue weighted by molar-refractivity contribution is 7.48. The fourth-order valence-corrected chi connectivity index (χ4v) is 2.16. The van der Waals surface area contributed by atoms with E-state index in [1.54, 1.807) is 6.92 Å². The minimum Gasteiger partial charge on any atom is -0.290 e. The second-order valence-electron chi connectivity index (χ2n) is 3.75. The Labute approximate surface area is 109 Å². The van der Waals surface area contributed by atoms with E-state index >= 15 is 0 Å². The van der Waals surface area contributed by atoms with Crippen molar-refractivity contribution in [2.45, 2.75) is 19.2 Å². The van der Waals surface area contributed by atoms with Crippen molar-refractivity contribution in [1.82, 2.24) is 0 Å². The molecular formula is C11H14F3O4P. The van der Waals surface area contributed by atoms with Crippen molar-refractivity contribution in [3.63, 3.8) is 0 Å². The van der Waals surface area contributed by atoms with Crippen LogP contribution in [-0.2, 0) is 18.1 Å². The van der Waals surface area contributed by atoms with Gasteiger partial charge in [-0.25, -0.2) is 4.57 Å². The summed E-state index contributed by atoms with van der Waals surface area (Å²) in [7, 11) is -2.33. The molecule has 1 unspecified atom stereocenters. The largest absolute Gasteiger partial charge is 0.475 e.